The smallest absolute Gasteiger partial charge is 0.364 e. The number of nitrogens with two attached hydrogens (primary N) is 1. The van der Waals surface area contributed by atoms with Crippen LogP contribution in [0.4, 0.5) is 13.2 Å². The number of hydrogen-bond donors (Lipinski definition) is 2. The maximum atomic E-state index is 12.1. The Hall–Kier alpha value is -1.53. The fourth-order valence-corrected chi connectivity index (χ4v) is 0.914. The van der Waals surface area contributed by atoms with E-state index in [4.69, 9.17) is 5.73 Å². The molecule has 0 atom stereocenters. The summed E-state index contributed by atoms with van der Waals surface area (Å²) in [5, 5.41) is 4.88. The molecule has 0 spiro atoms. The lowest BCUT2D eigenvalue weighted by Crippen LogP contribution is -2.13. The second-order valence-electron chi connectivity index (χ2n) is 2.43. The van der Waals surface area contributed by atoms with Gasteiger partial charge in [-0.1, -0.05) is 0 Å². The highest BCUT2D eigenvalue weighted by atomic mass is 19.4. The Labute approximate surface area is 70.9 Å². The molecule has 0 bridgehead atoms. The highest BCUT2D eigenvalue weighted by Gasteiger charge is 2.36. The molecule has 0 fully saturated rings. The van der Waals surface area contributed by atoms with E-state index < -0.39 is 17.8 Å². The summed E-state index contributed by atoms with van der Waals surface area (Å²) in [5.41, 5.74) is 3.08. The second-order valence-corrected chi connectivity index (χ2v) is 2.43. The number of primary amides is 1. The third kappa shape index (κ3) is 1.63. The molecule has 4 nitrogen and oxygen atoms in total. The molecule has 0 aromatic carbocycles. The first-order chi connectivity index (χ1) is 5.84. The van der Waals surface area contributed by atoms with Crippen molar-refractivity contribution in [3.05, 3.63) is 17.0 Å². The zero-order valence-electron chi connectivity index (χ0n) is 6.57. The molecule has 7 heteroatoms. The summed E-state index contributed by atoms with van der Waals surface area (Å²) in [5.74, 6) is -0.982. The highest BCUT2D eigenvalue weighted by Crippen LogP contribution is 2.30. The summed E-state index contributed by atoms with van der Waals surface area (Å²) in [6.45, 7) is 1.13. The van der Waals surface area contributed by atoms with Crippen molar-refractivity contribution in [1.29, 1.82) is 0 Å². The molecule has 0 aliphatic carbocycles. The maximum absolute atomic E-state index is 12.1. The Morgan fingerprint density at radius 3 is 2.31 bits per heavy atom. The van der Waals surface area contributed by atoms with Crippen molar-refractivity contribution in [3.8, 4) is 0 Å². The Morgan fingerprint density at radius 1 is 1.54 bits per heavy atom. The number of carbonyl (C=O) groups is 1. The van der Waals surface area contributed by atoms with E-state index in [9.17, 15) is 18.0 Å². The number of aromatic amines is 1. The zero-order chi connectivity index (χ0) is 10.2. The van der Waals surface area contributed by atoms with Gasteiger partial charge in [0, 0.05) is 5.56 Å². The number of nitrogens with zero attached hydrogens (tertiary/aromatic N) is 1. The molecule has 72 valence electrons. The molecular formula is C6H6F3N3O. The molecule has 0 unspecified atom stereocenters. The molecule has 1 rings (SSSR count). The van der Waals surface area contributed by atoms with Crippen LogP contribution in [0.3, 0.4) is 0 Å². The highest BCUT2D eigenvalue weighted by molar-refractivity contribution is 5.92. The Morgan fingerprint density at radius 2 is 2.08 bits per heavy atom. The van der Waals surface area contributed by atoms with Crippen LogP contribution in [-0.4, -0.2) is 16.1 Å². The maximum Gasteiger partial charge on any atom is 0.433 e. The van der Waals surface area contributed by atoms with Gasteiger partial charge < -0.3 is 5.73 Å². The second kappa shape index (κ2) is 2.75. The molecule has 0 aliphatic rings. The average molecular weight is 193 g/mol. The molecule has 0 aliphatic heterocycles. The molecule has 1 heterocycles. The fourth-order valence-electron chi connectivity index (χ4n) is 0.914. The van der Waals surface area contributed by atoms with Gasteiger partial charge in [-0.3, -0.25) is 9.89 Å². The van der Waals surface area contributed by atoms with Gasteiger partial charge in [0.1, 0.15) is 5.69 Å². The molecular weight excluding hydrogens is 187 g/mol. The topological polar surface area (TPSA) is 71.8 Å². The molecule has 1 aromatic rings. The summed E-state index contributed by atoms with van der Waals surface area (Å²) in [7, 11) is 0. The summed E-state index contributed by atoms with van der Waals surface area (Å²) < 4.78 is 36.3. The van der Waals surface area contributed by atoms with Crippen molar-refractivity contribution in [2.45, 2.75) is 13.1 Å². The van der Waals surface area contributed by atoms with Crippen LogP contribution < -0.4 is 5.73 Å². The number of rotatable bonds is 1. The van der Waals surface area contributed by atoms with Crippen LogP contribution in [0, 0.1) is 6.92 Å². The predicted octanol–water partition coefficient (Wildman–Crippen LogP) is 0.836. The minimum absolute atomic E-state index is 0.278. The van der Waals surface area contributed by atoms with E-state index in [1.54, 1.807) is 5.10 Å². The molecule has 1 aromatic heterocycles. The van der Waals surface area contributed by atoms with E-state index in [2.05, 4.69) is 5.10 Å². The van der Waals surface area contributed by atoms with Gasteiger partial charge in [-0.2, -0.15) is 18.3 Å². The Kier molecular flexibility index (Phi) is 2.02. The van der Waals surface area contributed by atoms with Gasteiger partial charge in [-0.15, -0.1) is 0 Å². The third-order valence-corrected chi connectivity index (χ3v) is 1.53. The van der Waals surface area contributed by atoms with Crippen LogP contribution in [0.25, 0.3) is 0 Å². The summed E-state index contributed by atoms with van der Waals surface area (Å²) in [4.78, 5) is 10.5. The van der Waals surface area contributed by atoms with E-state index in [0.29, 0.717) is 0 Å². The first-order valence-electron chi connectivity index (χ1n) is 3.26. The molecule has 3 N–H and O–H groups in total. The molecule has 1 amide bonds. The van der Waals surface area contributed by atoms with Crippen LogP contribution >= 0.6 is 0 Å². The van der Waals surface area contributed by atoms with Gasteiger partial charge in [-0.05, 0) is 6.92 Å². The van der Waals surface area contributed by atoms with E-state index in [1.165, 1.54) is 0 Å². The van der Waals surface area contributed by atoms with Gasteiger partial charge in [-0.25, -0.2) is 0 Å². The number of H-pyrrole nitrogens is 1. The quantitative estimate of drug-likeness (QED) is 0.693. The zero-order valence-corrected chi connectivity index (χ0v) is 6.57. The van der Waals surface area contributed by atoms with Crippen molar-refractivity contribution in [2.24, 2.45) is 5.73 Å². The third-order valence-electron chi connectivity index (χ3n) is 1.53. The van der Waals surface area contributed by atoms with Crippen LogP contribution in [0.1, 0.15) is 21.7 Å². The first kappa shape index (κ1) is 9.56. The number of halogens is 3. The van der Waals surface area contributed by atoms with Crippen molar-refractivity contribution in [2.75, 3.05) is 0 Å². The SMILES string of the molecule is Cc1c(C(N)=O)n[nH]c1C(F)(F)F. The largest absolute Gasteiger partial charge is 0.433 e. The van der Waals surface area contributed by atoms with Gasteiger partial charge >= 0.3 is 6.18 Å². The number of amides is 1. The number of nitrogens with one attached hydrogen (secondary N) is 1. The molecule has 0 saturated heterocycles. The fraction of sp³-hybridized carbons (Fsp3) is 0.333. The minimum atomic E-state index is -4.54. The van der Waals surface area contributed by atoms with Crippen molar-refractivity contribution >= 4 is 5.91 Å². The lowest BCUT2D eigenvalue weighted by Gasteiger charge is -2.03. The van der Waals surface area contributed by atoms with Gasteiger partial charge in [0.2, 0.25) is 0 Å². The monoisotopic (exact) mass is 193 g/mol. The van der Waals surface area contributed by atoms with Crippen LogP contribution in [0.5, 0.6) is 0 Å². The summed E-state index contributed by atoms with van der Waals surface area (Å²) in [6, 6.07) is 0. The lowest BCUT2D eigenvalue weighted by molar-refractivity contribution is -0.141. The van der Waals surface area contributed by atoms with Crippen LogP contribution in [0.15, 0.2) is 0 Å². The van der Waals surface area contributed by atoms with E-state index >= 15 is 0 Å². The van der Waals surface area contributed by atoms with Gasteiger partial charge in [0.05, 0.1) is 0 Å². The average Bonchev–Trinajstić information content (AvgIpc) is 2.28. The van der Waals surface area contributed by atoms with E-state index in [-0.39, 0.29) is 11.3 Å². The van der Waals surface area contributed by atoms with Crippen molar-refractivity contribution < 1.29 is 18.0 Å². The van der Waals surface area contributed by atoms with E-state index in [0.717, 1.165) is 6.92 Å². The molecule has 0 radical (unpaired) electrons. The lowest BCUT2D eigenvalue weighted by atomic mass is 10.2. The normalized spacial score (nSPS) is 11.7. The van der Waals surface area contributed by atoms with Crippen molar-refractivity contribution in [3.63, 3.8) is 0 Å². The first-order valence-corrected chi connectivity index (χ1v) is 3.26. The standard InChI is InChI=1S/C6H6F3N3O/c1-2-3(5(10)13)11-12-4(2)6(7,8)9/h1H3,(H2,10,13)(H,11,12). The summed E-state index contributed by atoms with van der Waals surface area (Å²) in [6.07, 6.45) is -4.54. The number of hydrogen-bond acceptors (Lipinski definition) is 2. The van der Waals surface area contributed by atoms with Crippen LogP contribution in [-0.2, 0) is 6.18 Å². The number of carbonyl (C=O) groups excluding carboxylic acids is 1. The Bertz CT molecular complexity index is 341. The van der Waals surface area contributed by atoms with Gasteiger partial charge in [0.25, 0.3) is 5.91 Å². The van der Waals surface area contributed by atoms with Crippen molar-refractivity contribution in [1.82, 2.24) is 10.2 Å². The molecule has 13 heavy (non-hydrogen) atoms. The summed E-state index contributed by atoms with van der Waals surface area (Å²) >= 11 is 0. The van der Waals surface area contributed by atoms with E-state index in [1.807, 2.05) is 0 Å². The molecule has 0 saturated carbocycles. The van der Waals surface area contributed by atoms with Crippen LogP contribution in [0.2, 0.25) is 0 Å². The number of aromatic nitrogens is 2. The minimum Gasteiger partial charge on any atom is -0.364 e. The number of alkyl halides is 3. The Balaban J connectivity index is 3.22. The van der Waals surface area contributed by atoms with Gasteiger partial charge in [0.15, 0.2) is 5.69 Å². The predicted molar refractivity (Wildman–Crippen MR) is 36.8 cm³/mol.